The number of halogens is 3. The molecule has 2 aromatic carbocycles. The normalized spacial score (nSPS) is 12.4. The molecule has 0 unspecified atom stereocenters. The molecule has 0 bridgehead atoms. The van der Waals surface area contributed by atoms with Crippen molar-refractivity contribution in [2.24, 2.45) is 0 Å². The van der Waals surface area contributed by atoms with Crippen molar-refractivity contribution in [3.63, 3.8) is 0 Å². The standard InChI is InChI=1S/C15H14ClF2N/c1-10(11-3-2-4-14(17)7-11)19-9-12-5-6-13(16)8-15(12)18/h2-8,10,19H,9H2,1H3/t10-/m1/s1. The van der Waals surface area contributed by atoms with E-state index in [0.29, 0.717) is 17.1 Å². The van der Waals surface area contributed by atoms with Crippen LogP contribution in [0.3, 0.4) is 0 Å². The first-order valence-corrected chi connectivity index (χ1v) is 6.37. The van der Waals surface area contributed by atoms with Gasteiger partial charge in [0.25, 0.3) is 0 Å². The number of hydrogen-bond acceptors (Lipinski definition) is 1. The average Bonchev–Trinajstić information content (AvgIpc) is 2.37. The Hall–Kier alpha value is -1.45. The highest BCUT2D eigenvalue weighted by atomic mass is 35.5. The molecule has 0 aliphatic heterocycles. The average molecular weight is 282 g/mol. The summed E-state index contributed by atoms with van der Waals surface area (Å²) in [6, 6.07) is 10.9. The molecule has 0 saturated heterocycles. The monoisotopic (exact) mass is 281 g/mol. The molecule has 4 heteroatoms. The lowest BCUT2D eigenvalue weighted by Gasteiger charge is -2.14. The van der Waals surface area contributed by atoms with Crippen LogP contribution in [0.15, 0.2) is 42.5 Å². The smallest absolute Gasteiger partial charge is 0.129 e. The zero-order valence-electron chi connectivity index (χ0n) is 10.5. The molecule has 1 atom stereocenters. The molecule has 0 aliphatic rings. The number of benzene rings is 2. The molecule has 2 aromatic rings. The summed E-state index contributed by atoms with van der Waals surface area (Å²) in [4.78, 5) is 0. The molecule has 1 N–H and O–H groups in total. The van der Waals surface area contributed by atoms with Crippen molar-refractivity contribution in [1.82, 2.24) is 5.32 Å². The molecule has 0 heterocycles. The van der Waals surface area contributed by atoms with E-state index in [4.69, 9.17) is 11.6 Å². The van der Waals surface area contributed by atoms with Gasteiger partial charge in [0.15, 0.2) is 0 Å². The van der Waals surface area contributed by atoms with Crippen molar-refractivity contribution in [3.8, 4) is 0 Å². The lowest BCUT2D eigenvalue weighted by Crippen LogP contribution is -2.18. The van der Waals surface area contributed by atoms with Crippen LogP contribution in [-0.2, 0) is 6.54 Å². The molecule has 0 radical (unpaired) electrons. The van der Waals surface area contributed by atoms with Gasteiger partial charge in [-0.05, 0) is 36.8 Å². The zero-order chi connectivity index (χ0) is 13.8. The SMILES string of the molecule is C[C@@H](NCc1ccc(Cl)cc1F)c1cccc(F)c1. The van der Waals surface area contributed by atoms with E-state index >= 15 is 0 Å². The molecular weight excluding hydrogens is 268 g/mol. The maximum absolute atomic E-state index is 13.6. The van der Waals surface area contributed by atoms with Crippen LogP contribution in [-0.4, -0.2) is 0 Å². The van der Waals surface area contributed by atoms with Crippen LogP contribution in [0, 0.1) is 11.6 Å². The molecular formula is C15H14ClF2N. The fourth-order valence-corrected chi connectivity index (χ4v) is 1.98. The first kappa shape index (κ1) is 14.0. The topological polar surface area (TPSA) is 12.0 Å². The van der Waals surface area contributed by atoms with Crippen LogP contribution in [0.1, 0.15) is 24.1 Å². The molecule has 0 amide bonds. The largest absolute Gasteiger partial charge is 0.306 e. The predicted molar refractivity (Wildman–Crippen MR) is 73.1 cm³/mol. The summed E-state index contributed by atoms with van der Waals surface area (Å²) < 4.78 is 26.7. The summed E-state index contributed by atoms with van der Waals surface area (Å²) in [7, 11) is 0. The molecule has 1 nitrogen and oxygen atoms in total. The highest BCUT2D eigenvalue weighted by Gasteiger charge is 2.08. The van der Waals surface area contributed by atoms with Crippen LogP contribution >= 0.6 is 11.6 Å². The lowest BCUT2D eigenvalue weighted by molar-refractivity contribution is 0.540. The van der Waals surface area contributed by atoms with Gasteiger partial charge in [0, 0.05) is 23.2 Å². The van der Waals surface area contributed by atoms with E-state index < -0.39 is 0 Å². The summed E-state index contributed by atoms with van der Waals surface area (Å²) in [5, 5.41) is 3.53. The number of hydrogen-bond donors (Lipinski definition) is 1. The van der Waals surface area contributed by atoms with Crippen LogP contribution in [0.2, 0.25) is 5.02 Å². The maximum Gasteiger partial charge on any atom is 0.129 e. The van der Waals surface area contributed by atoms with E-state index in [1.54, 1.807) is 18.2 Å². The molecule has 0 aliphatic carbocycles. The van der Waals surface area contributed by atoms with Gasteiger partial charge in [-0.3, -0.25) is 0 Å². The molecule has 0 fully saturated rings. The van der Waals surface area contributed by atoms with Gasteiger partial charge in [-0.2, -0.15) is 0 Å². The zero-order valence-corrected chi connectivity index (χ0v) is 11.2. The third kappa shape index (κ3) is 3.75. The minimum absolute atomic E-state index is 0.0641. The van der Waals surface area contributed by atoms with Gasteiger partial charge in [-0.25, -0.2) is 8.78 Å². The Morgan fingerprint density at radius 3 is 2.63 bits per heavy atom. The molecule has 0 saturated carbocycles. The Morgan fingerprint density at radius 2 is 1.95 bits per heavy atom. The van der Waals surface area contributed by atoms with E-state index in [2.05, 4.69) is 5.32 Å². The Kier molecular flexibility index (Phi) is 4.51. The fourth-order valence-electron chi connectivity index (χ4n) is 1.82. The van der Waals surface area contributed by atoms with Gasteiger partial charge >= 0.3 is 0 Å². The van der Waals surface area contributed by atoms with Crippen molar-refractivity contribution in [3.05, 3.63) is 70.2 Å². The minimum Gasteiger partial charge on any atom is -0.306 e. The quantitative estimate of drug-likeness (QED) is 0.872. The first-order chi connectivity index (χ1) is 9.06. The van der Waals surface area contributed by atoms with Gasteiger partial charge in [0.2, 0.25) is 0 Å². The summed E-state index contributed by atoms with van der Waals surface area (Å²) in [5.41, 5.74) is 1.36. The van der Waals surface area contributed by atoms with E-state index in [-0.39, 0.29) is 17.7 Å². The summed E-state index contributed by atoms with van der Waals surface area (Å²) in [6.07, 6.45) is 0. The second-order valence-corrected chi connectivity index (χ2v) is 4.83. The second-order valence-electron chi connectivity index (χ2n) is 4.39. The minimum atomic E-state index is -0.341. The van der Waals surface area contributed by atoms with Crippen LogP contribution in [0.25, 0.3) is 0 Å². The van der Waals surface area contributed by atoms with Gasteiger partial charge in [0.1, 0.15) is 11.6 Å². The van der Waals surface area contributed by atoms with Gasteiger partial charge in [-0.15, -0.1) is 0 Å². The Labute approximate surface area is 116 Å². The lowest BCUT2D eigenvalue weighted by atomic mass is 10.1. The van der Waals surface area contributed by atoms with E-state index in [9.17, 15) is 8.78 Å². The first-order valence-electron chi connectivity index (χ1n) is 5.99. The molecule has 19 heavy (non-hydrogen) atoms. The van der Waals surface area contributed by atoms with Crippen molar-refractivity contribution < 1.29 is 8.78 Å². The van der Waals surface area contributed by atoms with E-state index in [1.807, 2.05) is 13.0 Å². The Bertz CT molecular complexity index is 572. The van der Waals surface area contributed by atoms with Crippen molar-refractivity contribution in [2.45, 2.75) is 19.5 Å². The van der Waals surface area contributed by atoms with Crippen LogP contribution in [0.5, 0.6) is 0 Å². The highest BCUT2D eigenvalue weighted by Crippen LogP contribution is 2.17. The second kappa shape index (κ2) is 6.13. The Balaban J connectivity index is 2.02. The predicted octanol–water partition coefficient (Wildman–Crippen LogP) is 4.47. The van der Waals surface area contributed by atoms with Gasteiger partial charge in [-0.1, -0.05) is 29.8 Å². The number of rotatable bonds is 4. The third-order valence-electron chi connectivity index (χ3n) is 2.96. The molecule has 0 aromatic heterocycles. The van der Waals surface area contributed by atoms with Crippen molar-refractivity contribution in [1.29, 1.82) is 0 Å². The van der Waals surface area contributed by atoms with Gasteiger partial charge < -0.3 is 5.32 Å². The highest BCUT2D eigenvalue weighted by molar-refractivity contribution is 6.30. The van der Waals surface area contributed by atoms with Crippen LogP contribution in [0.4, 0.5) is 8.78 Å². The molecule has 0 spiro atoms. The maximum atomic E-state index is 13.6. The fraction of sp³-hybridized carbons (Fsp3) is 0.200. The van der Waals surface area contributed by atoms with E-state index in [0.717, 1.165) is 5.56 Å². The van der Waals surface area contributed by atoms with Crippen LogP contribution < -0.4 is 5.32 Å². The van der Waals surface area contributed by atoms with E-state index in [1.165, 1.54) is 18.2 Å². The van der Waals surface area contributed by atoms with Crippen molar-refractivity contribution in [2.75, 3.05) is 0 Å². The molecule has 2 rings (SSSR count). The summed E-state index contributed by atoms with van der Waals surface area (Å²) >= 11 is 5.69. The summed E-state index contributed by atoms with van der Waals surface area (Å²) in [6.45, 7) is 2.27. The third-order valence-corrected chi connectivity index (χ3v) is 3.20. The summed E-state index contributed by atoms with van der Waals surface area (Å²) in [5.74, 6) is -0.615. The molecule has 100 valence electrons. The van der Waals surface area contributed by atoms with Gasteiger partial charge in [0.05, 0.1) is 0 Å². The van der Waals surface area contributed by atoms with Crippen molar-refractivity contribution >= 4 is 11.6 Å². The Morgan fingerprint density at radius 1 is 1.16 bits per heavy atom. The number of nitrogens with one attached hydrogen (secondary N) is 1.